The second kappa shape index (κ2) is 8.48. The molecule has 0 spiro atoms. The molecule has 176 valence electrons. The average Bonchev–Trinajstić information content (AvgIpc) is 3.56. The van der Waals surface area contributed by atoms with Crippen LogP contribution in [-0.2, 0) is 23.2 Å². The number of H-pyrrole nitrogens is 1. The largest absolute Gasteiger partial charge is 0.371 e. The number of benzene rings is 1. The summed E-state index contributed by atoms with van der Waals surface area (Å²) in [5.74, 6) is 0.686. The van der Waals surface area contributed by atoms with Crippen molar-refractivity contribution >= 4 is 39.7 Å². The molecule has 0 aliphatic carbocycles. The summed E-state index contributed by atoms with van der Waals surface area (Å²) in [6.45, 7) is 2.66. The minimum absolute atomic E-state index is 0.00823. The molecule has 1 aliphatic heterocycles. The minimum atomic E-state index is -0.354. The second-order valence-corrected chi connectivity index (χ2v) is 8.97. The van der Waals surface area contributed by atoms with Gasteiger partial charge in [-0.25, -0.2) is 9.97 Å². The van der Waals surface area contributed by atoms with Crippen molar-refractivity contribution in [1.82, 2.24) is 29.3 Å². The van der Waals surface area contributed by atoms with Crippen LogP contribution in [0.25, 0.3) is 33.3 Å². The third-order valence-corrected chi connectivity index (χ3v) is 6.65. The molecule has 9 heteroatoms. The van der Waals surface area contributed by atoms with Crippen LogP contribution in [0.4, 0.5) is 5.82 Å². The fraction of sp³-hybridized carbons (Fsp3) is 0.360. The number of rotatable bonds is 5. The molecule has 0 radical (unpaired) electrons. The van der Waals surface area contributed by atoms with Gasteiger partial charge in [0.2, 0.25) is 11.8 Å². The van der Waals surface area contributed by atoms with E-state index in [0.717, 1.165) is 57.5 Å². The molecule has 0 saturated carbocycles. The molecule has 1 aliphatic rings. The van der Waals surface area contributed by atoms with Crippen molar-refractivity contribution < 1.29 is 9.59 Å². The Kier molecular flexibility index (Phi) is 5.47. The SMILES string of the molecule is CNc1nc2[nH]c(-c3cccc(CN(C)C(=O)[C@H]4CCCN4C(C)=O)c3)cc2c2c1ncn2C. The van der Waals surface area contributed by atoms with Crippen molar-refractivity contribution in [3.63, 3.8) is 0 Å². The van der Waals surface area contributed by atoms with E-state index in [1.165, 1.54) is 6.92 Å². The molecular formula is C25H29N7O2. The number of carbonyl (C=O) groups excluding carboxylic acids is 2. The Bertz CT molecular complexity index is 1400. The van der Waals surface area contributed by atoms with Gasteiger partial charge in [0.15, 0.2) is 5.82 Å². The number of hydrogen-bond donors (Lipinski definition) is 2. The van der Waals surface area contributed by atoms with Gasteiger partial charge in [-0.3, -0.25) is 9.59 Å². The van der Waals surface area contributed by atoms with Crippen molar-refractivity contribution in [3.8, 4) is 11.3 Å². The van der Waals surface area contributed by atoms with Gasteiger partial charge in [-0.15, -0.1) is 0 Å². The maximum Gasteiger partial charge on any atom is 0.245 e. The molecule has 2 amide bonds. The highest BCUT2D eigenvalue weighted by atomic mass is 16.2. The number of aromatic amines is 1. The lowest BCUT2D eigenvalue weighted by Gasteiger charge is -2.27. The van der Waals surface area contributed by atoms with E-state index in [-0.39, 0.29) is 17.9 Å². The van der Waals surface area contributed by atoms with Crippen LogP contribution in [0.2, 0.25) is 0 Å². The smallest absolute Gasteiger partial charge is 0.245 e. The van der Waals surface area contributed by atoms with Gasteiger partial charge in [-0.05, 0) is 36.1 Å². The van der Waals surface area contributed by atoms with Crippen LogP contribution in [0.3, 0.4) is 0 Å². The predicted octanol–water partition coefficient (Wildman–Crippen LogP) is 3.13. The fourth-order valence-corrected chi connectivity index (χ4v) is 4.97. The van der Waals surface area contributed by atoms with Crippen LogP contribution in [0.1, 0.15) is 25.3 Å². The van der Waals surface area contributed by atoms with E-state index >= 15 is 0 Å². The van der Waals surface area contributed by atoms with Crippen molar-refractivity contribution in [2.24, 2.45) is 7.05 Å². The van der Waals surface area contributed by atoms with E-state index < -0.39 is 0 Å². The molecule has 1 fully saturated rings. The first-order chi connectivity index (χ1) is 16.4. The first-order valence-corrected chi connectivity index (χ1v) is 11.5. The van der Waals surface area contributed by atoms with Crippen molar-refractivity contribution in [1.29, 1.82) is 0 Å². The lowest BCUT2D eigenvalue weighted by molar-refractivity contribution is -0.142. The zero-order valence-electron chi connectivity index (χ0n) is 19.9. The summed E-state index contributed by atoms with van der Waals surface area (Å²) in [7, 11) is 5.62. The molecular weight excluding hydrogens is 430 g/mol. The zero-order chi connectivity index (χ0) is 24.0. The lowest BCUT2D eigenvalue weighted by atomic mass is 10.1. The number of hydrogen-bond acceptors (Lipinski definition) is 5. The highest BCUT2D eigenvalue weighted by molar-refractivity contribution is 6.07. The number of imidazole rings is 1. The van der Waals surface area contributed by atoms with E-state index in [0.29, 0.717) is 13.1 Å². The van der Waals surface area contributed by atoms with Crippen molar-refractivity contribution in [3.05, 3.63) is 42.2 Å². The van der Waals surface area contributed by atoms with Crippen LogP contribution in [-0.4, -0.2) is 67.8 Å². The molecule has 3 aromatic heterocycles. The normalized spacial score (nSPS) is 15.9. The molecule has 1 atom stereocenters. The molecule has 9 nitrogen and oxygen atoms in total. The molecule has 2 N–H and O–H groups in total. The van der Waals surface area contributed by atoms with Crippen LogP contribution in [0.5, 0.6) is 0 Å². The monoisotopic (exact) mass is 459 g/mol. The lowest BCUT2D eigenvalue weighted by Crippen LogP contribution is -2.45. The van der Waals surface area contributed by atoms with E-state index in [1.54, 1.807) is 23.2 Å². The number of aryl methyl sites for hydroxylation is 1. The zero-order valence-corrected chi connectivity index (χ0v) is 19.9. The van der Waals surface area contributed by atoms with Crippen molar-refractivity contribution in [2.75, 3.05) is 26.0 Å². The number of carbonyl (C=O) groups is 2. The Balaban J connectivity index is 1.43. The van der Waals surface area contributed by atoms with Crippen LogP contribution in [0, 0.1) is 0 Å². The number of amides is 2. The summed E-state index contributed by atoms with van der Waals surface area (Å²) in [6.07, 6.45) is 3.39. The van der Waals surface area contributed by atoms with E-state index in [9.17, 15) is 9.59 Å². The van der Waals surface area contributed by atoms with Gasteiger partial charge >= 0.3 is 0 Å². The Morgan fingerprint density at radius 1 is 1.29 bits per heavy atom. The number of nitrogens with zero attached hydrogens (tertiary/aromatic N) is 5. The van der Waals surface area contributed by atoms with Crippen LogP contribution >= 0.6 is 0 Å². The quantitative estimate of drug-likeness (QED) is 0.478. The summed E-state index contributed by atoms with van der Waals surface area (Å²) in [6, 6.07) is 9.90. The van der Waals surface area contributed by atoms with Gasteiger partial charge in [0.05, 0.1) is 11.8 Å². The summed E-state index contributed by atoms with van der Waals surface area (Å²) >= 11 is 0. The summed E-state index contributed by atoms with van der Waals surface area (Å²) in [5.41, 5.74) is 5.64. The topological polar surface area (TPSA) is 99.2 Å². The van der Waals surface area contributed by atoms with Gasteiger partial charge in [0.25, 0.3) is 0 Å². The number of anilines is 1. The van der Waals surface area contributed by atoms with Gasteiger partial charge in [-0.2, -0.15) is 0 Å². The summed E-state index contributed by atoms with van der Waals surface area (Å²) in [5, 5.41) is 4.14. The van der Waals surface area contributed by atoms with E-state index in [2.05, 4.69) is 27.4 Å². The Hall–Kier alpha value is -3.88. The number of pyridine rings is 1. The molecule has 0 unspecified atom stereocenters. The number of likely N-dealkylation sites (tertiary alicyclic amines) is 1. The molecule has 0 bridgehead atoms. The Morgan fingerprint density at radius 2 is 2.12 bits per heavy atom. The molecule has 4 aromatic rings. The number of nitrogens with one attached hydrogen (secondary N) is 2. The van der Waals surface area contributed by atoms with E-state index in [4.69, 9.17) is 4.98 Å². The first kappa shape index (κ1) is 21.9. The Labute approximate surface area is 197 Å². The predicted molar refractivity (Wildman–Crippen MR) is 132 cm³/mol. The number of fused-ring (bicyclic) bond motifs is 3. The highest BCUT2D eigenvalue weighted by Gasteiger charge is 2.34. The number of aromatic nitrogens is 4. The van der Waals surface area contributed by atoms with Gasteiger partial charge in [0.1, 0.15) is 17.2 Å². The number of likely N-dealkylation sites (N-methyl/N-ethyl adjacent to an activating group) is 1. The minimum Gasteiger partial charge on any atom is -0.371 e. The van der Waals surface area contributed by atoms with Crippen LogP contribution < -0.4 is 5.32 Å². The van der Waals surface area contributed by atoms with Gasteiger partial charge < -0.3 is 24.7 Å². The molecule has 1 saturated heterocycles. The average molecular weight is 460 g/mol. The van der Waals surface area contributed by atoms with E-state index in [1.807, 2.05) is 36.9 Å². The maximum atomic E-state index is 13.0. The van der Waals surface area contributed by atoms with Gasteiger partial charge in [-0.1, -0.05) is 18.2 Å². The first-order valence-electron chi connectivity index (χ1n) is 11.5. The van der Waals surface area contributed by atoms with Gasteiger partial charge in [0, 0.05) is 52.2 Å². The fourth-order valence-electron chi connectivity index (χ4n) is 4.97. The molecule has 5 rings (SSSR count). The highest BCUT2D eigenvalue weighted by Crippen LogP contribution is 2.32. The summed E-state index contributed by atoms with van der Waals surface area (Å²) in [4.78, 5) is 41.0. The molecule has 1 aromatic carbocycles. The second-order valence-electron chi connectivity index (χ2n) is 8.97. The standard InChI is InChI=1S/C25H29N7O2/c1-15(33)32-10-6-9-20(32)25(34)30(3)13-16-7-5-8-17(11-16)19-12-18-22-21(27-14-31(22)4)24(26-2)29-23(18)28-19/h5,7-8,11-12,14,20H,6,9-10,13H2,1-4H3,(H2,26,28,29)/t20-/m1/s1. The molecule has 4 heterocycles. The third-order valence-electron chi connectivity index (χ3n) is 6.65. The van der Waals surface area contributed by atoms with Crippen molar-refractivity contribution in [2.45, 2.75) is 32.4 Å². The molecule has 34 heavy (non-hydrogen) atoms. The maximum absolute atomic E-state index is 13.0. The third kappa shape index (κ3) is 3.67. The Morgan fingerprint density at radius 3 is 2.88 bits per heavy atom. The summed E-state index contributed by atoms with van der Waals surface area (Å²) < 4.78 is 2.00. The van der Waals surface area contributed by atoms with Crippen LogP contribution in [0.15, 0.2) is 36.7 Å².